The van der Waals surface area contributed by atoms with E-state index in [0.29, 0.717) is 39.1 Å². The van der Waals surface area contributed by atoms with E-state index in [0.717, 1.165) is 5.76 Å². The number of nitrogens with zero attached hydrogens (tertiary/aromatic N) is 1. The molecule has 138 valence electrons. The molecule has 0 aromatic carbocycles. The second-order valence-corrected chi connectivity index (χ2v) is 7.06. The van der Waals surface area contributed by atoms with Crippen molar-refractivity contribution >= 4 is 5.91 Å². The number of amides is 1. The zero-order valence-electron chi connectivity index (χ0n) is 14.0. The van der Waals surface area contributed by atoms with E-state index in [-0.39, 0.29) is 30.0 Å². The summed E-state index contributed by atoms with van der Waals surface area (Å²) in [5.74, 6) is 0.491. The Kier molecular flexibility index (Phi) is 4.79. The Balaban J connectivity index is 1.42. The van der Waals surface area contributed by atoms with Crippen molar-refractivity contribution in [2.45, 2.75) is 50.0 Å². The number of primary amides is 1. The van der Waals surface area contributed by atoms with Gasteiger partial charge < -0.3 is 30.0 Å². The molecule has 8 nitrogen and oxygen atoms in total. The fraction of sp³-hybridized carbons (Fsp3) is 0.706. The van der Waals surface area contributed by atoms with Crippen LogP contribution in [0.4, 0.5) is 0 Å². The van der Waals surface area contributed by atoms with Gasteiger partial charge in [0, 0.05) is 5.92 Å². The van der Waals surface area contributed by atoms with Gasteiger partial charge in [-0.25, -0.2) is 0 Å². The molecule has 25 heavy (non-hydrogen) atoms. The number of piperidine rings is 1. The topological polar surface area (TPSA) is 110 Å². The number of nitrogens with two attached hydrogens (primary N) is 1. The van der Waals surface area contributed by atoms with Crippen LogP contribution in [0.5, 0.6) is 0 Å². The van der Waals surface area contributed by atoms with Gasteiger partial charge in [0.1, 0.15) is 11.9 Å². The first-order valence-electron chi connectivity index (χ1n) is 8.88. The first-order chi connectivity index (χ1) is 12.1. The average Bonchev–Trinajstić information content (AvgIpc) is 3.26. The maximum atomic E-state index is 11.4. The third-order valence-corrected chi connectivity index (χ3v) is 5.58. The predicted molar refractivity (Wildman–Crippen MR) is 87.2 cm³/mol. The number of carbonyl (C=O) groups is 1. The monoisotopic (exact) mass is 351 g/mol. The van der Waals surface area contributed by atoms with Gasteiger partial charge >= 0.3 is 0 Å². The lowest BCUT2D eigenvalue weighted by Crippen LogP contribution is -2.65. The summed E-state index contributed by atoms with van der Waals surface area (Å²) in [4.78, 5) is 13.5. The van der Waals surface area contributed by atoms with Crippen LogP contribution in [0.15, 0.2) is 22.8 Å². The van der Waals surface area contributed by atoms with Gasteiger partial charge in [0.15, 0.2) is 6.29 Å². The molecule has 3 fully saturated rings. The van der Waals surface area contributed by atoms with Gasteiger partial charge in [-0.05, 0) is 38.1 Å². The third kappa shape index (κ3) is 3.32. The lowest BCUT2D eigenvalue weighted by molar-refractivity contribution is -0.186. The van der Waals surface area contributed by atoms with Crippen molar-refractivity contribution in [3.63, 3.8) is 0 Å². The van der Waals surface area contributed by atoms with Crippen LogP contribution in [0, 0.1) is 5.92 Å². The molecular weight excluding hydrogens is 326 g/mol. The number of rotatable bonds is 5. The van der Waals surface area contributed by atoms with Crippen molar-refractivity contribution in [1.29, 1.82) is 0 Å². The Labute approximate surface area is 146 Å². The molecule has 1 aromatic rings. The van der Waals surface area contributed by atoms with Gasteiger partial charge in [-0.1, -0.05) is 0 Å². The fourth-order valence-corrected chi connectivity index (χ4v) is 4.16. The first kappa shape index (κ1) is 17.0. The minimum Gasteiger partial charge on any atom is -0.468 e. The molecule has 3 aliphatic rings. The molecule has 0 spiro atoms. The lowest BCUT2D eigenvalue weighted by atomic mass is 9.90. The summed E-state index contributed by atoms with van der Waals surface area (Å²) in [7, 11) is 0. The Morgan fingerprint density at radius 2 is 2.20 bits per heavy atom. The van der Waals surface area contributed by atoms with Crippen LogP contribution in [-0.4, -0.2) is 66.2 Å². The quantitative estimate of drug-likeness (QED) is 0.651. The zero-order valence-corrected chi connectivity index (χ0v) is 14.0. The largest absolute Gasteiger partial charge is 0.468 e. The summed E-state index contributed by atoms with van der Waals surface area (Å²) >= 11 is 0. The molecule has 1 aromatic heterocycles. The molecule has 4 N–H and O–H groups in total. The van der Waals surface area contributed by atoms with E-state index in [1.54, 1.807) is 6.26 Å². The molecular formula is C17H25N3O5. The van der Waals surface area contributed by atoms with E-state index in [2.05, 4.69) is 10.2 Å². The Morgan fingerprint density at radius 3 is 2.88 bits per heavy atom. The zero-order chi connectivity index (χ0) is 17.4. The van der Waals surface area contributed by atoms with Gasteiger partial charge in [-0.2, -0.15) is 0 Å². The number of hydrogen-bond donors (Lipinski definition) is 3. The number of ether oxygens (including phenoxy) is 2. The second kappa shape index (κ2) is 7.05. The number of likely N-dealkylation sites (tertiary alicyclic amines) is 1. The maximum Gasteiger partial charge on any atom is 0.220 e. The molecule has 3 aliphatic heterocycles. The van der Waals surface area contributed by atoms with E-state index in [9.17, 15) is 9.90 Å². The highest BCUT2D eigenvalue weighted by molar-refractivity contribution is 5.76. The minimum absolute atomic E-state index is 0.0805. The molecule has 0 saturated carbocycles. The molecule has 3 saturated heterocycles. The Hall–Kier alpha value is -1.45. The number of nitrogens with one attached hydrogen (secondary N) is 1. The molecule has 2 bridgehead atoms. The molecule has 0 unspecified atom stereocenters. The maximum absolute atomic E-state index is 11.4. The van der Waals surface area contributed by atoms with Gasteiger partial charge in [0.2, 0.25) is 5.91 Å². The first-order valence-corrected chi connectivity index (χ1v) is 8.88. The second-order valence-electron chi connectivity index (χ2n) is 7.06. The van der Waals surface area contributed by atoms with E-state index in [4.69, 9.17) is 19.6 Å². The molecule has 8 heteroatoms. The molecule has 4 heterocycles. The number of furan rings is 1. The SMILES string of the molecule is NC(=O)C1CCN([C@H]2[C@@H]3OC[C@H](O3)[C@H](NCc3ccco3)[C@@H]2O)CC1. The van der Waals surface area contributed by atoms with Gasteiger partial charge in [-0.15, -0.1) is 0 Å². The standard InChI is InChI=1S/C17H25N3O5/c18-16(22)10-3-5-20(6-4-10)14-15(21)13(12-9-24-17(14)25-12)19-8-11-2-1-7-23-11/h1-2,7,10,12-15,17,19,21H,3-6,8-9H2,(H2,18,22)/t12-,13-,14+,15-,17+/m0/s1. The van der Waals surface area contributed by atoms with Crippen LogP contribution in [0.3, 0.4) is 0 Å². The highest BCUT2D eigenvalue weighted by atomic mass is 16.7. The normalized spacial score (nSPS) is 36.6. The smallest absolute Gasteiger partial charge is 0.220 e. The van der Waals surface area contributed by atoms with Crippen molar-refractivity contribution in [3.05, 3.63) is 24.2 Å². The van der Waals surface area contributed by atoms with Crippen LogP contribution in [0.2, 0.25) is 0 Å². The number of fused-ring (bicyclic) bond motifs is 2. The summed E-state index contributed by atoms with van der Waals surface area (Å²) in [5, 5.41) is 14.3. The van der Waals surface area contributed by atoms with E-state index < -0.39 is 12.4 Å². The van der Waals surface area contributed by atoms with Crippen LogP contribution in [-0.2, 0) is 20.8 Å². The summed E-state index contributed by atoms with van der Waals surface area (Å²) in [5.41, 5.74) is 5.41. The Bertz CT molecular complexity index is 587. The highest BCUT2D eigenvalue weighted by Crippen LogP contribution is 2.33. The van der Waals surface area contributed by atoms with Crippen LogP contribution in [0.25, 0.3) is 0 Å². The third-order valence-electron chi connectivity index (χ3n) is 5.58. The summed E-state index contributed by atoms with van der Waals surface area (Å²) in [6.45, 7) is 2.39. The fourth-order valence-electron chi connectivity index (χ4n) is 4.16. The average molecular weight is 351 g/mol. The van der Waals surface area contributed by atoms with Crippen LogP contribution < -0.4 is 11.1 Å². The number of carbonyl (C=O) groups excluding carboxylic acids is 1. The van der Waals surface area contributed by atoms with E-state index in [1.165, 1.54) is 0 Å². The number of aliphatic hydroxyl groups is 1. The van der Waals surface area contributed by atoms with Gasteiger partial charge in [-0.3, -0.25) is 9.69 Å². The molecule has 5 atom stereocenters. The van der Waals surface area contributed by atoms with Crippen molar-refractivity contribution in [2.24, 2.45) is 11.7 Å². The van der Waals surface area contributed by atoms with Crippen LogP contribution in [0.1, 0.15) is 18.6 Å². The summed E-state index contributed by atoms with van der Waals surface area (Å²) < 4.78 is 17.1. The minimum atomic E-state index is -0.619. The molecule has 0 radical (unpaired) electrons. The van der Waals surface area contributed by atoms with Crippen molar-refractivity contribution in [2.75, 3.05) is 19.7 Å². The van der Waals surface area contributed by atoms with Crippen molar-refractivity contribution < 1.29 is 23.8 Å². The number of hydrogen-bond acceptors (Lipinski definition) is 7. The number of aliphatic hydroxyl groups excluding tert-OH is 1. The summed E-state index contributed by atoms with van der Waals surface area (Å²) in [6, 6.07) is 3.25. The Morgan fingerprint density at radius 1 is 1.40 bits per heavy atom. The predicted octanol–water partition coefficient (Wildman–Crippen LogP) is -0.580. The van der Waals surface area contributed by atoms with Crippen LogP contribution >= 0.6 is 0 Å². The highest BCUT2D eigenvalue weighted by Gasteiger charge is 2.52. The summed E-state index contributed by atoms with van der Waals surface area (Å²) in [6.07, 6.45) is 1.83. The van der Waals surface area contributed by atoms with Gasteiger partial charge in [0.05, 0.1) is 37.6 Å². The van der Waals surface area contributed by atoms with Crippen molar-refractivity contribution in [1.82, 2.24) is 10.2 Å². The lowest BCUT2D eigenvalue weighted by Gasteiger charge is -2.45. The molecule has 4 rings (SSSR count). The molecule has 1 amide bonds. The van der Waals surface area contributed by atoms with Gasteiger partial charge in [0.25, 0.3) is 0 Å². The molecule has 0 aliphatic carbocycles. The van der Waals surface area contributed by atoms with E-state index >= 15 is 0 Å². The van der Waals surface area contributed by atoms with Crippen molar-refractivity contribution in [3.8, 4) is 0 Å². The van der Waals surface area contributed by atoms with E-state index in [1.807, 2.05) is 12.1 Å².